The predicted molar refractivity (Wildman–Crippen MR) is 139 cm³/mol. The second-order valence-corrected chi connectivity index (χ2v) is 7.24. The molecule has 1 aromatic carbocycles. The van der Waals surface area contributed by atoms with Gasteiger partial charge in [-0.2, -0.15) is 5.10 Å². The molecule has 1 fully saturated rings. The van der Waals surface area contributed by atoms with Crippen LogP contribution in [-0.4, -0.2) is 24.3 Å². The lowest BCUT2D eigenvalue weighted by Crippen LogP contribution is -2.16. The number of carbonyl (C=O) groups excluding carboxylic acids is 2. The third-order valence-electron chi connectivity index (χ3n) is 5.22. The summed E-state index contributed by atoms with van der Waals surface area (Å²) in [6, 6.07) is 3.22. The highest BCUT2D eigenvalue weighted by Gasteiger charge is 2.31. The van der Waals surface area contributed by atoms with Crippen LogP contribution in [0, 0.1) is 17.8 Å². The standard InChI is InChI=1S/C22H28N4O2.C2H6.CH3Cl/c1-5-16-7-15(8-17(16)6-2)9-21(28)26-18-10-19(14(4)27)22(20(23)11-18)13(3)12-25-24;2*1-2/h5-6,10-12,15-17H,1-3,7-9,23-24H2,4H3,(H,26,28);1-2H3;1H3/b25-12-;;. The molecular formula is C25H37ClN4O2. The molecule has 7 heteroatoms. The number of carbonyl (C=O) groups is 2. The topological polar surface area (TPSA) is 111 Å². The molecule has 0 saturated heterocycles. The number of alkyl halides is 1. The van der Waals surface area contributed by atoms with Crippen molar-refractivity contribution < 1.29 is 9.59 Å². The van der Waals surface area contributed by atoms with Gasteiger partial charge in [0.25, 0.3) is 0 Å². The van der Waals surface area contributed by atoms with E-state index in [1.54, 1.807) is 12.1 Å². The largest absolute Gasteiger partial charge is 0.398 e. The lowest BCUT2D eigenvalue weighted by molar-refractivity contribution is -0.117. The molecule has 0 aromatic heterocycles. The first-order chi connectivity index (χ1) is 15.3. The summed E-state index contributed by atoms with van der Waals surface area (Å²) in [6.07, 6.45) is 8.94. The quantitative estimate of drug-likeness (QED) is 0.0884. The third kappa shape index (κ3) is 8.00. The molecule has 2 rings (SSSR count). The number of hydrogen-bond donors (Lipinski definition) is 3. The third-order valence-corrected chi connectivity index (χ3v) is 5.22. The van der Waals surface area contributed by atoms with E-state index in [-0.39, 0.29) is 17.6 Å². The molecule has 1 amide bonds. The highest BCUT2D eigenvalue weighted by atomic mass is 35.5. The van der Waals surface area contributed by atoms with Crippen molar-refractivity contribution in [2.24, 2.45) is 28.7 Å². The Labute approximate surface area is 197 Å². The minimum atomic E-state index is -0.192. The molecule has 1 saturated carbocycles. The van der Waals surface area contributed by atoms with Gasteiger partial charge in [-0.05, 0) is 55.2 Å². The molecule has 1 aromatic rings. The number of nitrogen functional groups attached to an aromatic ring is 1. The lowest BCUT2D eigenvalue weighted by Gasteiger charge is -2.15. The van der Waals surface area contributed by atoms with Gasteiger partial charge in [-0.3, -0.25) is 9.59 Å². The zero-order chi connectivity index (χ0) is 24.8. The average Bonchev–Trinajstić information content (AvgIpc) is 3.17. The maximum absolute atomic E-state index is 12.5. The number of rotatable bonds is 8. The molecule has 0 bridgehead atoms. The summed E-state index contributed by atoms with van der Waals surface area (Å²) in [4.78, 5) is 24.6. The van der Waals surface area contributed by atoms with Gasteiger partial charge >= 0.3 is 0 Å². The van der Waals surface area contributed by atoms with Crippen LogP contribution in [-0.2, 0) is 4.79 Å². The number of halogens is 1. The van der Waals surface area contributed by atoms with Gasteiger partial charge in [-0.25, -0.2) is 0 Å². The number of anilines is 2. The zero-order valence-electron chi connectivity index (χ0n) is 19.7. The van der Waals surface area contributed by atoms with Crippen LogP contribution in [0.4, 0.5) is 11.4 Å². The molecule has 2 unspecified atom stereocenters. The number of hydrogen-bond acceptors (Lipinski definition) is 5. The molecule has 1 aliphatic carbocycles. The first-order valence-corrected chi connectivity index (χ1v) is 11.4. The van der Waals surface area contributed by atoms with E-state index in [1.807, 2.05) is 26.0 Å². The Balaban J connectivity index is 0.00000227. The summed E-state index contributed by atoms with van der Waals surface area (Å²) >= 11 is 4.64. The highest BCUT2D eigenvalue weighted by molar-refractivity contribution is 6.16. The molecule has 0 heterocycles. The second-order valence-electron chi connectivity index (χ2n) is 7.24. The van der Waals surface area contributed by atoms with Crippen molar-refractivity contribution >= 4 is 46.5 Å². The first kappa shape index (κ1) is 29.1. The fraction of sp³-hybridized carbons (Fsp3) is 0.400. The Morgan fingerprint density at radius 1 is 1.19 bits per heavy atom. The van der Waals surface area contributed by atoms with Crippen molar-refractivity contribution in [3.05, 3.63) is 55.1 Å². The summed E-state index contributed by atoms with van der Waals surface area (Å²) in [5, 5.41) is 6.29. The van der Waals surface area contributed by atoms with Crippen LogP contribution >= 0.6 is 11.6 Å². The smallest absolute Gasteiger partial charge is 0.224 e. The van der Waals surface area contributed by atoms with Crippen molar-refractivity contribution in [3.63, 3.8) is 0 Å². The number of ketones is 1. The van der Waals surface area contributed by atoms with E-state index < -0.39 is 0 Å². The SMILES string of the molecule is C=CC1CC(CC(=O)Nc2cc(N)c(C(=C)/C=N\N)c(C(C)=O)c2)CC1C=C.CC.CCl. The second kappa shape index (κ2) is 15.0. The van der Waals surface area contributed by atoms with Crippen LogP contribution in [0.2, 0.25) is 0 Å². The van der Waals surface area contributed by atoms with Gasteiger partial charge in [-0.1, -0.05) is 32.6 Å². The number of Topliss-reactive ketones (excluding diaryl/α,β-unsaturated/α-hetero) is 1. The zero-order valence-corrected chi connectivity index (χ0v) is 20.4. The van der Waals surface area contributed by atoms with Crippen molar-refractivity contribution in [2.45, 2.75) is 40.0 Å². The number of hydrazone groups is 1. The van der Waals surface area contributed by atoms with E-state index in [1.165, 1.54) is 19.5 Å². The molecule has 2 atom stereocenters. The normalized spacial score (nSPS) is 19.1. The van der Waals surface area contributed by atoms with Crippen LogP contribution in [0.25, 0.3) is 5.57 Å². The summed E-state index contributed by atoms with van der Waals surface area (Å²) in [5.74, 6) is 5.87. The van der Waals surface area contributed by atoms with Gasteiger partial charge in [-0.15, -0.1) is 24.8 Å². The molecule has 5 N–H and O–H groups in total. The summed E-state index contributed by atoms with van der Waals surface area (Å²) in [5.41, 5.74) is 8.18. The van der Waals surface area contributed by atoms with E-state index >= 15 is 0 Å². The maximum Gasteiger partial charge on any atom is 0.224 e. The summed E-state index contributed by atoms with van der Waals surface area (Å²) in [6.45, 7) is 17.0. The minimum absolute atomic E-state index is 0.110. The lowest BCUT2D eigenvalue weighted by atomic mass is 9.96. The van der Waals surface area contributed by atoms with Gasteiger partial charge in [0.15, 0.2) is 5.78 Å². The Hall–Kier alpha value is -2.86. The highest BCUT2D eigenvalue weighted by Crippen LogP contribution is 2.39. The van der Waals surface area contributed by atoms with Crippen molar-refractivity contribution in [2.75, 3.05) is 17.4 Å². The molecule has 1 aliphatic rings. The number of nitrogens with two attached hydrogens (primary N) is 2. The van der Waals surface area contributed by atoms with Gasteiger partial charge in [0.1, 0.15) is 0 Å². The van der Waals surface area contributed by atoms with E-state index in [0.29, 0.717) is 46.3 Å². The van der Waals surface area contributed by atoms with Gasteiger partial charge in [0, 0.05) is 35.3 Å². The van der Waals surface area contributed by atoms with Gasteiger partial charge in [0.2, 0.25) is 5.91 Å². The fourth-order valence-electron chi connectivity index (χ4n) is 3.93. The van der Waals surface area contributed by atoms with Crippen LogP contribution in [0.3, 0.4) is 0 Å². The minimum Gasteiger partial charge on any atom is -0.398 e. The summed E-state index contributed by atoms with van der Waals surface area (Å²) < 4.78 is 0. The summed E-state index contributed by atoms with van der Waals surface area (Å²) in [7, 11) is 0. The number of allylic oxidation sites excluding steroid dienone is 3. The van der Waals surface area contributed by atoms with E-state index in [9.17, 15) is 9.59 Å². The average molecular weight is 461 g/mol. The Kier molecular flexibility index (Phi) is 13.7. The Bertz CT molecular complexity index is 833. The molecule has 6 nitrogen and oxygen atoms in total. The van der Waals surface area contributed by atoms with Crippen LogP contribution in [0.1, 0.15) is 56.0 Å². The monoisotopic (exact) mass is 460 g/mol. The molecule has 0 aliphatic heterocycles. The van der Waals surface area contributed by atoms with Crippen molar-refractivity contribution in [3.8, 4) is 0 Å². The molecule has 0 spiro atoms. The van der Waals surface area contributed by atoms with Gasteiger partial charge in [0.05, 0.1) is 6.21 Å². The van der Waals surface area contributed by atoms with E-state index in [2.05, 4.69) is 41.8 Å². The number of benzene rings is 1. The maximum atomic E-state index is 12.5. The number of nitrogens with one attached hydrogen (secondary N) is 1. The first-order valence-electron chi connectivity index (χ1n) is 10.6. The van der Waals surface area contributed by atoms with Crippen LogP contribution in [0.5, 0.6) is 0 Å². The van der Waals surface area contributed by atoms with Crippen LogP contribution < -0.4 is 16.9 Å². The number of amides is 1. The van der Waals surface area contributed by atoms with Crippen molar-refractivity contribution in [1.29, 1.82) is 0 Å². The predicted octanol–water partition coefficient (Wildman–Crippen LogP) is 5.65. The molecule has 32 heavy (non-hydrogen) atoms. The van der Waals surface area contributed by atoms with Gasteiger partial charge < -0.3 is 16.9 Å². The Morgan fingerprint density at radius 2 is 1.72 bits per heavy atom. The van der Waals surface area contributed by atoms with Crippen molar-refractivity contribution in [1.82, 2.24) is 0 Å². The Morgan fingerprint density at radius 3 is 2.16 bits per heavy atom. The molecular weight excluding hydrogens is 424 g/mol. The van der Waals surface area contributed by atoms with Crippen LogP contribution in [0.15, 0.2) is 49.1 Å². The van der Waals surface area contributed by atoms with E-state index in [4.69, 9.17) is 11.6 Å². The number of nitrogens with zero attached hydrogens (tertiary/aromatic N) is 1. The fourth-order valence-corrected chi connectivity index (χ4v) is 3.93. The molecule has 176 valence electrons. The van der Waals surface area contributed by atoms with E-state index in [0.717, 1.165) is 12.8 Å². The molecule has 0 radical (unpaired) electrons.